The lowest BCUT2D eigenvalue weighted by atomic mass is 10.0. The minimum atomic E-state index is -0.724. The summed E-state index contributed by atoms with van der Waals surface area (Å²) in [6.07, 6.45) is 1.74. The van der Waals surface area contributed by atoms with Crippen LogP contribution in [0.3, 0.4) is 0 Å². The van der Waals surface area contributed by atoms with Gasteiger partial charge in [-0.05, 0) is 48.6 Å². The average Bonchev–Trinajstić information content (AvgIpc) is 3.54. The first-order chi connectivity index (χ1) is 14.5. The van der Waals surface area contributed by atoms with Gasteiger partial charge in [-0.25, -0.2) is 9.88 Å². The Morgan fingerprint density at radius 1 is 1.17 bits per heavy atom. The number of pyridine rings is 1. The number of carbonyl (C=O) groups is 2. The highest BCUT2D eigenvalue weighted by atomic mass is 32.2. The number of anilines is 2. The van der Waals surface area contributed by atoms with E-state index in [0.29, 0.717) is 22.0 Å². The molecule has 1 aliphatic heterocycles. The maximum Gasteiger partial charge on any atom is 0.247 e. The number of rotatable bonds is 5. The molecular formula is C21H17N5O3S. The number of nitriles is 2. The lowest BCUT2D eigenvalue weighted by molar-refractivity contribution is -0.121. The Kier molecular flexibility index (Phi) is 5.06. The molecule has 1 aliphatic carbocycles. The van der Waals surface area contributed by atoms with E-state index in [-0.39, 0.29) is 41.1 Å². The number of hydrogen-bond donors (Lipinski definition) is 1. The maximum absolute atomic E-state index is 13.0. The molecule has 30 heavy (non-hydrogen) atoms. The molecule has 2 aromatic rings. The summed E-state index contributed by atoms with van der Waals surface area (Å²) in [6, 6.07) is 10.8. The van der Waals surface area contributed by atoms with E-state index in [1.165, 1.54) is 7.11 Å². The highest BCUT2D eigenvalue weighted by Crippen LogP contribution is 2.46. The molecule has 4 rings (SSSR count). The smallest absolute Gasteiger partial charge is 0.247 e. The Balaban J connectivity index is 1.65. The standard InChI is InChI=1S/C21H17N5O3S/c1-29-13-6-4-12(5-7-13)26-17(27)8-16(21(26)28)30-20-15(10-23)18(11-2-3-11)14(9-22)19(24)25-20/h4-7,11,16H,2-3,8H2,1H3,(H2,24,25)/t16-/m0/s1. The molecule has 2 N–H and O–H groups in total. The second-order valence-electron chi connectivity index (χ2n) is 7.04. The van der Waals surface area contributed by atoms with Crippen molar-refractivity contribution in [1.29, 1.82) is 10.5 Å². The summed E-state index contributed by atoms with van der Waals surface area (Å²) in [5, 5.41) is 18.7. The molecule has 1 aromatic heterocycles. The molecular weight excluding hydrogens is 402 g/mol. The Labute approximate surface area is 177 Å². The van der Waals surface area contributed by atoms with E-state index >= 15 is 0 Å². The summed E-state index contributed by atoms with van der Waals surface area (Å²) in [5.74, 6) is 0.0644. The van der Waals surface area contributed by atoms with Crippen molar-refractivity contribution in [3.63, 3.8) is 0 Å². The summed E-state index contributed by atoms with van der Waals surface area (Å²) in [4.78, 5) is 30.9. The van der Waals surface area contributed by atoms with Gasteiger partial charge in [0.1, 0.15) is 28.7 Å². The van der Waals surface area contributed by atoms with Crippen LogP contribution in [0, 0.1) is 22.7 Å². The van der Waals surface area contributed by atoms with Crippen molar-refractivity contribution < 1.29 is 14.3 Å². The van der Waals surface area contributed by atoms with E-state index in [1.807, 2.05) is 6.07 Å². The molecule has 1 atom stereocenters. The zero-order valence-electron chi connectivity index (χ0n) is 16.1. The van der Waals surface area contributed by atoms with Crippen LogP contribution >= 0.6 is 11.8 Å². The predicted octanol–water partition coefficient (Wildman–Crippen LogP) is 2.72. The first-order valence-electron chi connectivity index (χ1n) is 9.29. The van der Waals surface area contributed by atoms with Crippen LogP contribution in [0.15, 0.2) is 29.3 Å². The van der Waals surface area contributed by atoms with Gasteiger partial charge in [0, 0.05) is 6.42 Å². The number of amides is 2. The minimum absolute atomic E-state index is 0.0131. The number of hydrogen-bond acceptors (Lipinski definition) is 8. The first kappa shape index (κ1) is 19.7. The number of aromatic nitrogens is 1. The van der Waals surface area contributed by atoms with Crippen LogP contribution < -0.4 is 15.4 Å². The van der Waals surface area contributed by atoms with E-state index in [0.717, 1.165) is 29.5 Å². The molecule has 2 heterocycles. The molecule has 1 aromatic carbocycles. The fraction of sp³-hybridized carbons (Fsp3) is 0.286. The fourth-order valence-electron chi connectivity index (χ4n) is 3.52. The quantitative estimate of drug-likeness (QED) is 0.731. The fourth-order valence-corrected chi connectivity index (χ4v) is 4.65. The van der Waals surface area contributed by atoms with Crippen LogP contribution in [0.1, 0.15) is 41.9 Å². The van der Waals surface area contributed by atoms with Gasteiger partial charge in [0.15, 0.2) is 0 Å². The van der Waals surface area contributed by atoms with E-state index in [2.05, 4.69) is 11.1 Å². The average molecular weight is 419 g/mol. The van der Waals surface area contributed by atoms with Gasteiger partial charge in [0.2, 0.25) is 11.8 Å². The second kappa shape index (κ2) is 7.69. The van der Waals surface area contributed by atoms with Crippen LogP contribution in [-0.2, 0) is 9.59 Å². The van der Waals surface area contributed by atoms with Crippen molar-refractivity contribution in [1.82, 2.24) is 4.98 Å². The molecule has 2 amide bonds. The second-order valence-corrected chi connectivity index (χ2v) is 8.23. The van der Waals surface area contributed by atoms with Crippen LogP contribution in [0.2, 0.25) is 0 Å². The molecule has 150 valence electrons. The van der Waals surface area contributed by atoms with Gasteiger partial charge in [-0.1, -0.05) is 11.8 Å². The minimum Gasteiger partial charge on any atom is -0.497 e. The topological polar surface area (TPSA) is 133 Å². The van der Waals surface area contributed by atoms with Gasteiger partial charge in [-0.3, -0.25) is 9.59 Å². The Morgan fingerprint density at radius 2 is 1.83 bits per heavy atom. The largest absolute Gasteiger partial charge is 0.497 e. The Hall–Kier alpha value is -3.56. The molecule has 8 nitrogen and oxygen atoms in total. The van der Waals surface area contributed by atoms with Crippen molar-refractivity contribution in [3.05, 3.63) is 41.0 Å². The van der Waals surface area contributed by atoms with Gasteiger partial charge in [0.25, 0.3) is 0 Å². The molecule has 1 saturated heterocycles. The number of carbonyl (C=O) groups excluding carboxylic acids is 2. The van der Waals surface area contributed by atoms with Crippen molar-refractivity contribution in [3.8, 4) is 17.9 Å². The number of nitrogens with zero attached hydrogens (tertiary/aromatic N) is 4. The lowest BCUT2D eigenvalue weighted by Crippen LogP contribution is -2.31. The van der Waals surface area contributed by atoms with E-state index in [9.17, 15) is 20.1 Å². The van der Waals surface area contributed by atoms with Crippen molar-refractivity contribution in [2.45, 2.75) is 35.5 Å². The van der Waals surface area contributed by atoms with Crippen LogP contribution in [0.25, 0.3) is 0 Å². The van der Waals surface area contributed by atoms with Crippen molar-refractivity contribution in [2.75, 3.05) is 17.7 Å². The number of thioether (sulfide) groups is 1. The molecule has 1 saturated carbocycles. The Bertz CT molecular complexity index is 1130. The highest BCUT2D eigenvalue weighted by Gasteiger charge is 2.41. The van der Waals surface area contributed by atoms with Crippen molar-refractivity contribution >= 4 is 35.1 Å². The van der Waals surface area contributed by atoms with Crippen LogP contribution in [0.5, 0.6) is 5.75 Å². The number of methoxy groups -OCH3 is 1. The Morgan fingerprint density at radius 3 is 2.40 bits per heavy atom. The molecule has 0 bridgehead atoms. The van der Waals surface area contributed by atoms with Gasteiger partial charge >= 0.3 is 0 Å². The summed E-state index contributed by atoms with van der Waals surface area (Å²) in [7, 11) is 1.53. The van der Waals surface area contributed by atoms with Gasteiger partial charge in [-0.15, -0.1) is 0 Å². The zero-order chi connectivity index (χ0) is 21.4. The SMILES string of the molecule is COc1ccc(N2C(=O)C[C@H](Sc3nc(N)c(C#N)c(C4CC4)c3C#N)C2=O)cc1. The van der Waals surface area contributed by atoms with Gasteiger partial charge < -0.3 is 10.5 Å². The van der Waals surface area contributed by atoms with E-state index in [4.69, 9.17) is 10.5 Å². The number of nitrogens with two attached hydrogens (primary N) is 1. The number of benzene rings is 1. The van der Waals surface area contributed by atoms with Crippen LogP contribution in [0.4, 0.5) is 11.5 Å². The number of nitrogen functional groups attached to an aromatic ring is 1. The third-order valence-electron chi connectivity index (χ3n) is 5.13. The third kappa shape index (κ3) is 3.34. The maximum atomic E-state index is 13.0. The van der Waals surface area contributed by atoms with Crippen LogP contribution in [-0.4, -0.2) is 29.2 Å². The molecule has 2 aliphatic rings. The number of imide groups is 1. The van der Waals surface area contributed by atoms with E-state index in [1.54, 1.807) is 24.3 Å². The van der Waals surface area contributed by atoms with Gasteiger partial charge in [0.05, 0.1) is 29.2 Å². The normalized spacial score (nSPS) is 18.2. The molecule has 2 fully saturated rings. The highest BCUT2D eigenvalue weighted by molar-refractivity contribution is 8.00. The summed E-state index contributed by atoms with van der Waals surface area (Å²) in [5.41, 5.74) is 7.55. The first-order valence-corrected chi connectivity index (χ1v) is 10.2. The van der Waals surface area contributed by atoms with E-state index < -0.39 is 5.25 Å². The van der Waals surface area contributed by atoms with Crippen molar-refractivity contribution in [2.24, 2.45) is 0 Å². The van der Waals surface area contributed by atoms with Gasteiger partial charge in [-0.2, -0.15) is 10.5 Å². The molecule has 9 heteroatoms. The lowest BCUT2D eigenvalue weighted by Gasteiger charge is -2.16. The molecule has 0 spiro atoms. The molecule has 0 radical (unpaired) electrons. The number of ether oxygens (including phenoxy) is 1. The monoisotopic (exact) mass is 419 g/mol. The summed E-state index contributed by atoms with van der Waals surface area (Å²) >= 11 is 1.05. The zero-order valence-corrected chi connectivity index (χ0v) is 16.9. The summed E-state index contributed by atoms with van der Waals surface area (Å²) in [6.45, 7) is 0. The third-order valence-corrected chi connectivity index (χ3v) is 6.30. The molecule has 0 unspecified atom stereocenters. The predicted molar refractivity (Wildman–Crippen MR) is 110 cm³/mol. The summed E-state index contributed by atoms with van der Waals surface area (Å²) < 4.78 is 5.11.